The van der Waals surface area contributed by atoms with Gasteiger partial charge in [-0.2, -0.15) is 0 Å². The van der Waals surface area contributed by atoms with Crippen molar-refractivity contribution in [2.24, 2.45) is 0 Å². The van der Waals surface area contributed by atoms with Crippen molar-refractivity contribution in [3.8, 4) is 0 Å². The Morgan fingerprint density at radius 2 is 1.95 bits per heavy atom. The van der Waals surface area contributed by atoms with Crippen LogP contribution in [0.1, 0.15) is 65.3 Å². The number of carbonyl (C=O) groups excluding carboxylic acids is 1. The van der Waals surface area contributed by atoms with Crippen LogP contribution in [0.5, 0.6) is 0 Å². The fourth-order valence-electron chi connectivity index (χ4n) is 3.36. The maximum absolute atomic E-state index is 12.4. The van der Waals surface area contributed by atoms with Gasteiger partial charge in [0.25, 0.3) is 5.91 Å². The van der Waals surface area contributed by atoms with Gasteiger partial charge in [0.2, 0.25) is 0 Å². The maximum atomic E-state index is 12.4. The molecule has 21 heavy (non-hydrogen) atoms. The highest BCUT2D eigenvalue weighted by Gasteiger charge is 2.22. The molecule has 0 aromatic carbocycles. The zero-order valence-corrected chi connectivity index (χ0v) is 13.7. The van der Waals surface area contributed by atoms with Gasteiger partial charge in [-0.15, -0.1) is 11.3 Å². The molecule has 0 spiro atoms. The number of hydrogen-bond donors (Lipinski definition) is 1. The van der Waals surface area contributed by atoms with Crippen molar-refractivity contribution in [2.45, 2.75) is 64.5 Å². The second-order valence-electron chi connectivity index (χ2n) is 6.31. The number of rotatable bonds is 4. The van der Waals surface area contributed by atoms with E-state index in [-0.39, 0.29) is 5.91 Å². The Bertz CT molecular complexity index is 488. The standard InChI is InChI=1S/C16H25N3OS/c1-12-15(16(20)18-13-7-3-4-8-13)21-14(17-12)11-19-9-5-2-6-10-19/h13H,2-11H2,1H3,(H,18,20). The van der Waals surface area contributed by atoms with Gasteiger partial charge >= 0.3 is 0 Å². The van der Waals surface area contributed by atoms with Crippen molar-refractivity contribution in [1.82, 2.24) is 15.2 Å². The van der Waals surface area contributed by atoms with Gasteiger partial charge < -0.3 is 5.32 Å². The minimum Gasteiger partial charge on any atom is -0.349 e. The molecule has 1 amide bonds. The first-order valence-corrected chi connectivity index (χ1v) is 9.03. The predicted octanol–water partition coefficient (Wildman–Crippen LogP) is 3.11. The fraction of sp³-hybridized carbons (Fsp3) is 0.750. The van der Waals surface area contributed by atoms with Gasteiger partial charge in [0.15, 0.2) is 0 Å². The van der Waals surface area contributed by atoms with E-state index < -0.39 is 0 Å². The summed E-state index contributed by atoms with van der Waals surface area (Å²) in [4.78, 5) is 20.3. The molecule has 1 saturated carbocycles. The molecule has 116 valence electrons. The van der Waals surface area contributed by atoms with Crippen LogP contribution >= 0.6 is 11.3 Å². The molecule has 5 heteroatoms. The normalized spacial score (nSPS) is 20.8. The minimum absolute atomic E-state index is 0.0850. The predicted molar refractivity (Wildman–Crippen MR) is 85.7 cm³/mol. The Balaban J connectivity index is 1.61. The zero-order valence-electron chi connectivity index (χ0n) is 12.9. The monoisotopic (exact) mass is 307 g/mol. The van der Waals surface area contributed by atoms with Crippen molar-refractivity contribution in [3.05, 3.63) is 15.6 Å². The summed E-state index contributed by atoms with van der Waals surface area (Å²) in [6.07, 6.45) is 8.68. The minimum atomic E-state index is 0.0850. The lowest BCUT2D eigenvalue weighted by Crippen LogP contribution is -2.32. The molecule has 0 unspecified atom stereocenters. The molecule has 1 aromatic rings. The topological polar surface area (TPSA) is 45.2 Å². The number of amides is 1. The van der Waals surface area contributed by atoms with Gasteiger partial charge in [0.1, 0.15) is 9.88 Å². The van der Waals surface area contributed by atoms with Crippen LogP contribution in [0.25, 0.3) is 0 Å². The number of aromatic nitrogens is 1. The average Bonchev–Trinajstić information content (AvgIpc) is 3.10. The van der Waals surface area contributed by atoms with Gasteiger partial charge in [-0.05, 0) is 45.7 Å². The Kier molecular flexibility index (Phi) is 4.91. The van der Waals surface area contributed by atoms with Gasteiger partial charge in [-0.1, -0.05) is 19.3 Å². The highest BCUT2D eigenvalue weighted by molar-refractivity contribution is 7.13. The third kappa shape index (κ3) is 3.83. The van der Waals surface area contributed by atoms with E-state index >= 15 is 0 Å². The Morgan fingerprint density at radius 3 is 2.67 bits per heavy atom. The largest absolute Gasteiger partial charge is 0.349 e. The van der Waals surface area contributed by atoms with E-state index in [9.17, 15) is 4.79 Å². The number of hydrogen-bond acceptors (Lipinski definition) is 4. The van der Waals surface area contributed by atoms with Crippen LogP contribution in [0.4, 0.5) is 0 Å². The number of carbonyl (C=O) groups is 1. The van der Waals surface area contributed by atoms with Gasteiger partial charge in [-0.3, -0.25) is 9.69 Å². The third-order valence-corrected chi connectivity index (χ3v) is 5.69. The van der Waals surface area contributed by atoms with Gasteiger partial charge in [0, 0.05) is 6.04 Å². The van der Waals surface area contributed by atoms with Gasteiger partial charge in [0.05, 0.1) is 12.2 Å². The fourth-order valence-corrected chi connectivity index (χ4v) is 4.37. The Hall–Kier alpha value is -0.940. The quantitative estimate of drug-likeness (QED) is 0.929. The lowest BCUT2D eigenvalue weighted by Gasteiger charge is -2.25. The third-order valence-electron chi connectivity index (χ3n) is 4.55. The molecular weight excluding hydrogens is 282 g/mol. The summed E-state index contributed by atoms with van der Waals surface area (Å²) < 4.78 is 0. The molecular formula is C16H25N3OS. The first kappa shape index (κ1) is 15.0. The molecule has 0 radical (unpaired) electrons. The summed E-state index contributed by atoms with van der Waals surface area (Å²) in [6, 6.07) is 0.379. The highest BCUT2D eigenvalue weighted by atomic mass is 32.1. The first-order chi connectivity index (χ1) is 10.2. The second kappa shape index (κ2) is 6.88. The maximum Gasteiger partial charge on any atom is 0.263 e. The average molecular weight is 307 g/mol. The highest BCUT2D eigenvalue weighted by Crippen LogP contribution is 2.23. The SMILES string of the molecule is Cc1nc(CN2CCCCC2)sc1C(=O)NC1CCCC1. The molecule has 3 rings (SSSR count). The molecule has 1 aliphatic heterocycles. The van der Waals surface area contributed by atoms with Crippen molar-refractivity contribution in [3.63, 3.8) is 0 Å². The molecule has 4 nitrogen and oxygen atoms in total. The summed E-state index contributed by atoms with van der Waals surface area (Å²) in [6.45, 7) is 5.20. The number of likely N-dealkylation sites (tertiary alicyclic amines) is 1. The van der Waals surface area contributed by atoms with Crippen LogP contribution in [-0.4, -0.2) is 34.9 Å². The second-order valence-corrected chi connectivity index (χ2v) is 7.40. The van der Waals surface area contributed by atoms with Crippen LogP contribution in [0.3, 0.4) is 0 Å². The van der Waals surface area contributed by atoms with Gasteiger partial charge in [-0.25, -0.2) is 4.98 Å². The number of aryl methyl sites for hydroxylation is 1. The van der Waals surface area contributed by atoms with Crippen molar-refractivity contribution in [2.75, 3.05) is 13.1 Å². The number of piperidine rings is 1. The Morgan fingerprint density at radius 1 is 1.24 bits per heavy atom. The lowest BCUT2D eigenvalue weighted by atomic mass is 10.1. The molecule has 1 saturated heterocycles. The van der Waals surface area contributed by atoms with Crippen LogP contribution in [0, 0.1) is 6.92 Å². The number of nitrogens with zero attached hydrogens (tertiary/aromatic N) is 2. The number of nitrogens with one attached hydrogen (secondary N) is 1. The smallest absolute Gasteiger partial charge is 0.263 e. The van der Waals surface area contributed by atoms with E-state index in [0.29, 0.717) is 6.04 Å². The molecule has 0 bridgehead atoms. The molecule has 0 atom stereocenters. The lowest BCUT2D eigenvalue weighted by molar-refractivity contribution is 0.0941. The molecule has 2 fully saturated rings. The van der Waals surface area contributed by atoms with Crippen LogP contribution in [0.2, 0.25) is 0 Å². The number of thiazole rings is 1. The summed E-state index contributed by atoms with van der Waals surface area (Å²) in [5.74, 6) is 0.0850. The van der Waals surface area contributed by atoms with E-state index in [1.54, 1.807) is 11.3 Å². The van der Waals surface area contributed by atoms with E-state index in [4.69, 9.17) is 0 Å². The summed E-state index contributed by atoms with van der Waals surface area (Å²) in [5.41, 5.74) is 0.891. The van der Waals surface area contributed by atoms with E-state index in [1.807, 2.05) is 6.92 Å². The summed E-state index contributed by atoms with van der Waals surface area (Å²) in [5, 5.41) is 4.26. The van der Waals surface area contributed by atoms with Crippen molar-refractivity contribution >= 4 is 17.2 Å². The molecule has 1 N–H and O–H groups in total. The van der Waals surface area contributed by atoms with Crippen LogP contribution in [-0.2, 0) is 6.54 Å². The molecule has 2 aliphatic rings. The summed E-state index contributed by atoms with van der Waals surface area (Å²) >= 11 is 1.58. The zero-order chi connectivity index (χ0) is 14.7. The van der Waals surface area contributed by atoms with Crippen molar-refractivity contribution < 1.29 is 4.79 Å². The van der Waals surface area contributed by atoms with Crippen molar-refractivity contribution in [1.29, 1.82) is 0 Å². The Labute approximate surface area is 130 Å². The molecule has 1 aromatic heterocycles. The summed E-state index contributed by atoms with van der Waals surface area (Å²) in [7, 11) is 0. The van der Waals surface area contributed by atoms with E-state index in [2.05, 4.69) is 15.2 Å². The molecule has 1 aliphatic carbocycles. The van der Waals surface area contributed by atoms with Crippen LogP contribution in [0.15, 0.2) is 0 Å². The molecule has 2 heterocycles. The van der Waals surface area contributed by atoms with E-state index in [1.165, 1.54) is 45.2 Å². The first-order valence-electron chi connectivity index (χ1n) is 8.22. The van der Waals surface area contributed by atoms with Crippen LogP contribution < -0.4 is 5.32 Å². The van der Waals surface area contributed by atoms with E-state index in [0.717, 1.165) is 35.0 Å².